The predicted octanol–water partition coefficient (Wildman–Crippen LogP) is 3.41. The van der Waals surface area contributed by atoms with Crippen LogP contribution >= 0.6 is 0 Å². The van der Waals surface area contributed by atoms with Crippen molar-refractivity contribution in [3.8, 4) is 11.6 Å². The van der Waals surface area contributed by atoms with E-state index in [1.807, 2.05) is 42.5 Å². The minimum Gasteiger partial charge on any atom is -0.439 e. The van der Waals surface area contributed by atoms with Crippen molar-refractivity contribution in [2.75, 3.05) is 13.7 Å². The van der Waals surface area contributed by atoms with Gasteiger partial charge in [0.25, 0.3) is 11.5 Å². The second-order valence-electron chi connectivity index (χ2n) is 7.86. The Hall–Kier alpha value is -4.50. The summed E-state index contributed by atoms with van der Waals surface area (Å²) in [6.45, 7) is 1.02. The zero-order valence-corrected chi connectivity index (χ0v) is 19.0. The van der Waals surface area contributed by atoms with Crippen LogP contribution < -0.4 is 15.6 Å². The first kappa shape index (κ1) is 22.3. The van der Waals surface area contributed by atoms with E-state index in [0.29, 0.717) is 47.2 Å². The molecule has 0 fully saturated rings. The number of aromatic nitrogens is 4. The summed E-state index contributed by atoms with van der Waals surface area (Å²) < 4.78 is 14.2. The molecule has 0 saturated carbocycles. The molecule has 35 heavy (non-hydrogen) atoms. The number of amides is 1. The Morgan fingerprint density at radius 1 is 1.06 bits per heavy atom. The first-order chi connectivity index (χ1) is 17.1. The minimum atomic E-state index is -0.316. The molecule has 4 aromatic heterocycles. The molecule has 5 rings (SSSR count). The predicted molar refractivity (Wildman–Crippen MR) is 131 cm³/mol. The maximum atomic E-state index is 13.2. The zero-order chi connectivity index (χ0) is 24.2. The number of nitrogens with zero attached hydrogens (tertiary/aromatic N) is 4. The smallest absolute Gasteiger partial charge is 0.268 e. The second-order valence-corrected chi connectivity index (χ2v) is 7.86. The third-order valence-electron chi connectivity index (χ3n) is 5.54. The standard InChI is InChI=1S/C26H23N5O4/c1-34-14-13-30-21(16-20-24(30)29-22-9-3-5-12-31(22)26(20)33)25(32)28-17-18-7-6-8-19(15-18)35-23-10-2-4-11-27-23/h2-12,15-16H,13-14,17H2,1H3,(H,28,32). The van der Waals surface area contributed by atoms with E-state index in [1.54, 1.807) is 48.3 Å². The maximum Gasteiger partial charge on any atom is 0.268 e. The molecule has 4 heterocycles. The van der Waals surface area contributed by atoms with E-state index in [0.717, 1.165) is 5.56 Å². The van der Waals surface area contributed by atoms with Crippen LogP contribution in [0.2, 0.25) is 0 Å². The number of methoxy groups -OCH3 is 1. The Morgan fingerprint density at radius 3 is 2.77 bits per heavy atom. The number of fused-ring (bicyclic) bond motifs is 2. The van der Waals surface area contributed by atoms with Crippen LogP contribution in [0.4, 0.5) is 0 Å². The van der Waals surface area contributed by atoms with Crippen molar-refractivity contribution >= 4 is 22.6 Å². The molecule has 0 saturated heterocycles. The highest BCUT2D eigenvalue weighted by atomic mass is 16.5. The van der Waals surface area contributed by atoms with Gasteiger partial charge in [0.05, 0.1) is 12.0 Å². The van der Waals surface area contributed by atoms with E-state index in [-0.39, 0.29) is 18.0 Å². The Kier molecular flexibility index (Phi) is 6.23. The molecular formula is C26H23N5O4. The van der Waals surface area contributed by atoms with Gasteiger partial charge in [-0.05, 0) is 42.0 Å². The average Bonchev–Trinajstić information content (AvgIpc) is 3.25. The van der Waals surface area contributed by atoms with Gasteiger partial charge in [-0.3, -0.25) is 14.0 Å². The molecule has 0 aliphatic rings. The number of carbonyl (C=O) groups is 1. The summed E-state index contributed by atoms with van der Waals surface area (Å²) in [4.78, 5) is 35.0. The number of ether oxygens (including phenoxy) is 2. The van der Waals surface area contributed by atoms with Crippen molar-refractivity contribution in [1.82, 2.24) is 24.3 Å². The van der Waals surface area contributed by atoms with Gasteiger partial charge in [-0.15, -0.1) is 0 Å². The Bertz CT molecular complexity index is 1560. The summed E-state index contributed by atoms with van der Waals surface area (Å²) in [5, 5.41) is 3.31. The lowest BCUT2D eigenvalue weighted by atomic mass is 10.2. The summed E-state index contributed by atoms with van der Waals surface area (Å²) in [5.74, 6) is 0.791. The van der Waals surface area contributed by atoms with E-state index < -0.39 is 0 Å². The highest BCUT2D eigenvalue weighted by Crippen LogP contribution is 2.21. The highest BCUT2D eigenvalue weighted by molar-refractivity contribution is 5.98. The van der Waals surface area contributed by atoms with Crippen LogP contribution in [0.15, 0.2) is 83.9 Å². The van der Waals surface area contributed by atoms with Gasteiger partial charge in [-0.1, -0.05) is 24.3 Å². The van der Waals surface area contributed by atoms with Crippen LogP contribution in [0.1, 0.15) is 16.1 Å². The lowest BCUT2D eigenvalue weighted by Crippen LogP contribution is -2.26. The molecule has 5 aromatic rings. The molecule has 0 bridgehead atoms. The van der Waals surface area contributed by atoms with Gasteiger partial charge in [0.1, 0.15) is 22.7 Å². The molecule has 1 amide bonds. The van der Waals surface area contributed by atoms with Gasteiger partial charge in [0, 0.05) is 38.7 Å². The summed E-state index contributed by atoms with van der Waals surface area (Å²) in [5.41, 5.74) is 1.94. The van der Waals surface area contributed by atoms with Crippen LogP contribution in [-0.4, -0.2) is 38.6 Å². The summed E-state index contributed by atoms with van der Waals surface area (Å²) in [7, 11) is 1.59. The van der Waals surface area contributed by atoms with Crippen LogP contribution in [0.25, 0.3) is 16.7 Å². The van der Waals surface area contributed by atoms with Crippen molar-refractivity contribution in [2.24, 2.45) is 0 Å². The third-order valence-corrected chi connectivity index (χ3v) is 5.54. The van der Waals surface area contributed by atoms with Crippen LogP contribution in [0, 0.1) is 0 Å². The lowest BCUT2D eigenvalue weighted by Gasteiger charge is -2.11. The maximum absolute atomic E-state index is 13.2. The average molecular weight is 470 g/mol. The fourth-order valence-corrected chi connectivity index (χ4v) is 3.87. The molecule has 176 valence electrons. The zero-order valence-electron chi connectivity index (χ0n) is 19.0. The normalized spacial score (nSPS) is 11.1. The number of hydrogen-bond acceptors (Lipinski definition) is 6. The molecule has 1 N–H and O–H groups in total. The number of hydrogen-bond donors (Lipinski definition) is 1. The summed E-state index contributed by atoms with van der Waals surface area (Å²) in [6.07, 6.45) is 3.32. The van der Waals surface area contributed by atoms with Crippen LogP contribution in [0.5, 0.6) is 11.6 Å². The van der Waals surface area contributed by atoms with Crippen molar-refractivity contribution < 1.29 is 14.3 Å². The quantitative estimate of drug-likeness (QED) is 0.374. The molecule has 0 atom stereocenters. The highest BCUT2D eigenvalue weighted by Gasteiger charge is 2.19. The van der Waals surface area contributed by atoms with Gasteiger partial charge in [-0.2, -0.15) is 0 Å². The summed E-state index contributed by atoms with van der Waals surface area (Å²) in [6, 6.07) is 19.8. The van der Waals surface area contributed by atoms with E-state index in [4.69, 9.17) is 9.47 Å². The molecule has 0 aliphatic carbocycles. The van der Waals surface area contributed by atoms with Crippen LogP contribution in [0.3, 0.4) is 0 Å². The SMILES string of the molecule is COCCn1c(C(=O)NCc2cccc(Oc3ccccn3)c2)cc2c(=O)n3ccccc3nc21. The van der Waals surface area contributed by atoms with E-state index in [1.165, 1.54) is 4.40 Å². The number of benzene rings is 1. The summed E-state index contributed by atoms with van der Waals surface area (Å²) >= 11 is 0. The molecular weight excluding hydrogens is 446 g/mol. The molecule has 0 unspecified atom stereocenters. The van der Waals surface area contributed by atoms with Crippen molar-refractivity contribution in [3.05, 3.63) is 101 Å². The number of nitrogens with one attached hydrogen (secondary N) is 1. The van der Waals surface area contributed by atoms with Gasteiger partial charge in [-0.25, -0.2) is 9.97 Å². The van der Waals surface area contributed by atoms with Crippen molar-refractivity contribution in [2.45, 2.75) is 13.1 Å². The molecule has 0 aliphatic heterocycles. The van der Waals surface area contributed by atoms with Crippen LogP contribution in [-0.2, 0) is 17.8 Å². The lowest BCUT2D eigenvalue weighted by molar-refractivity contribution is 0.0939. The molecule has 0 spiro atoms. The Labute approximate surface area is 200 Å². The van der Waals surface area contributed by atoms with E-state index in [9.17, 15) is 9.59 Å². The Balaban J connectivity index is 1.41. The largest absolute Gasteiger partial charge is 0.439 e. The van der Waals surface area contributed by atoms with Gasteiger partial charge >= 0.3 is 0 Å². The van der Waals surface area contributed by atoms with E-state index >= 15 is 0 Å². The molecule has 9 heteroatoms. The minimum absolute atomic E-state index is 0.227. The first-order valence-electron chi connectivity index (χ1n) is 11.1. The van der Waals surface area contributed by atoms with Crippen molar-refractivity contribution in [3.63, 3.8) is 0 Å². The Morgan fingerprint density at radius 2 is 1.94 bits per heavy atom. The van der Waals surface area contributed by atoms with Gasteiger partial charge < -0.3 is 19.4 Å². The fraction of sp³-hybridized carbons (Fsp3) is 0.154. The number of carbonyl (C=O) groups excluding carboxylic acids is 1. The number of pyridine rings is 2. The molecule has 0 radical (unpaired) electrons. The fourth-order valence-electron chi connectivity index (χ4n) is 3.87. The topological polar surface area (TPSA) is 99.7 Å². The second kappa shape index (κ2) is 9.78. The van der Waals surface area contributed by atoms with Gasteiger partial charge in [0.2, 0.25) is 5.88 Å². The van der Waals surface area contributed by atoms with E-state index in [2.05, 4.69) is 15.3 Å². The number of rotatable bonds is 8. The van der Waals surface area contributed by atoms with Gasteiger partial charge in [0.15, 0.2) is 0 Å². The molecule has 9 nitrogen and oxygen atoms in total. The first-order valence-corrected chi connectivity index (χ1v) is 11.1. The third kappa shape index (κ3) is 4.62. The van der Waals surface area contributed by atoms with Crippen molar-refractivity contribution in [1.29, 1.82) is 0 Å². The monoisotopic (exact) mass is 469 g/mol. The molecule has 1 aromatic carbocycles.